The van der Waals surface area contributed by atoms with Gasteiger partial charge in [-0.2, -0.15) is 10.1 Å². The average molecular weight is 405 g/mol. The Bertz CT molecular complexity index is 1160. The molecule has 0 radical (unpaired) electrons. The number of halogens is 1. The quantitative estimate of drug-likeness (QED) is 0.418. The molecule has 29 heavy (non-hydrogen) atoms. The summed E-state index contributed by atoms with van der Waals surface area (Å²) < 4.78 is 7.92. The van der Waals surface area contributed by atoms with Crippen LogP contribution in [0.4, 0.5) is 0 Å². The molecule has 0 aliphatic carbocycles. The highest BCUT2D eigenvalue weighted by atomic mass is 35.5. The third-order valence-corrected chi connectivity index (χ3v) is 5.18. The maximum Gasteiger partial charge on any atom is 0.225 e. The highest BCUT2D eigenvalue weighted by molar-refractivity contribution is 6.32. The van der Waals surface area contributed by atoms with Crippen molar-refractivity contribution in [1.82, 2.24) is 19.7 Å². The van der Waals surface area contributed by atoms with E-state index in [4.69, 9.17) is 21.3 Å². The van der Waals surface area contributed by atoms with E-state index in [1.165, 1.54) is 0 Å². The molecular weight excluding hydrogens is 384 g/mol. The first-order valence-corrected chi connectivity index (χ1v) is 9.71. The molecule has 4 rings (SSSR count). The Labute approximate surface area is 175 Å². The van der Waals surface area contributed by atoms with Gasteiger partial charge in [0.15, 0.2) is 11.6 Å². The van der Waals surface area contributed by atoms with Gasteiger partial charge in [0.05, 0.1) is 5.69 Å². The summed E-state index contributed by atoms with van der Waals surface area (Å²) in [5.74, 6) is 2.36. The Morgan fingerprint density at radius 2 is 1.55 bits per heavy atom. The molecule has 0 amide bonds. The molecule has 0 aliphatic heterocycles. The van der Waals surface area contributed by atoms with Gasteiger partial charge in [0.1, 0.15) is 5.75 Å². The van der Waals surface area contributed by atoms with Gasteiger partial charge in [0.25, 0.3) is 0 Å². The lowest BCUT2D eigenvalue weighted by Crippen LogP contribution is -2.05. The highest BCUT2D eigenvalue weighted by Crippen LogP contribution is 2.30. The number of benzene rings is 2. The van der Waals surface area contributed by atoms with Crippen molar-refractivity contribution < 1.29 is 4.74 Å². The van der Waals surface area contributed by atoms with E-state index in [1.807, 2.05) is 76.2 Å². The fourth-order valence-electron chi connectivity index (χ4n) is 3.24. The summed E-state index contributed by atoms with van der Waals surface area (Å²) in [4.78, 5) is 9.36. The van der Waals surface area contributed by atoms with E-state index in [2.05, 4.69) is 10.1 Å². The second-order valence-electron chi connectivity index (χ2n) is 7.07. The van der Waals surface area contributed by atoms with E-state index in [9.17, 15) is 0 Å². The van der Waals surface area contributed by atoms with Crippen LogP contribution in [0.1, 0.15) is 22.5 Å². The van der Waals surface area contributed by atoms with E-state index >= 15 is 0 Å². The minimum atomic E-state index is 0.447. The molecule has 2 aromatic carbocycles. The van der Waals surface area contributed by atoms with Crippen LogP contribution in [0.2, 0.25) is 5.02 Å². The first-order chi connectivity index (χ1) is 13.9. The fraction of sp³-hybridized carbons (Fsp3) is 0.174. The Morgan fingerprint density at radius 1 is 0.862 bits per heavy atom. The molecule has 0 unspecified atom stereocenters. The molecule has 0 saturated heterocycles. The summed E-state index contributed by atoms with van der Waals surface area (Å²) >= 11 is 6.29. The molecule has 0 spiro atoms. The van der Waals surface area contributed by atoms with Crippen molar-refractivity contribution in [2.75, 3.05) is 0 Å². The van der Waals surface area contributed by atoms with Crippen LogP contribution in [-0.2, 0) is 0 Å². The summed E-state index contributed by atoms with van der Waals surface area (Å²) in [6, 6.07) is 17.4. The van der Waals surface area contributed by atoms with E-state index in [0.717, 1.165) is 33.1 Å². The number of rotatable bonds is 4. The van der Waals surface area contributed by atoms with Crippen LogP contribution in [0.15, 0.2) is 54.6 Å². The van der Waals surface area contributed by atoms with E-state index in [-0.39, 0.29) is 0 Å². The van der Waals surface area contributed by atoms with Gasteiger partial charge < -0.3 is 4.74 Å². The minimum absolute atomic E-state index is 0.447. The van der Waals surface area contributed by atoms with Crippen molar-refractivity contribution in [2.24, 2.45) is 0 Å². The molecular formula is C23H21ClN4O. The number of nitrogens with zero attached hydrogens (tertiary/aromatic N) is 4. The van der Waals surface area contributed by atoms with Crippen LogP contribution in [0.3, 0.4) is 0 Å². The third-order valence-electron chi connectivity index (χ3n) is 4.58. The van der Waals surface area contributed by atoms with Crippen LogP contribution in [0, 0.1) is 27.7 Å². The third kappa shape index (κ3) is 4.00. The highest BCUT2D eigenvalue weighted by Gasteiger charge is 2.13. The van der Waals surface area contributed by atoms with Gasteiger partial charge in [-0.3, -0.25) is 0 Å². The van der Waals surface area contributed by atoms with Gasteiger partial charge in [0.2, 0.25) is 5.88 Å². The van der Waals surface area contributed by atoms with Crippen LogP contribution >= 0.6 is 11.6 Å². The van der Waals surface area contributed by atoms with Crippen molar-refractivity contribution in [3.05, 3.63) is 82.1 Å². The average Bonchev–Trinajstić information content (AvgIpc) is 3.04. The van der Waals surface area contributed by atoms with E-state index in [1.54, 1.807) is 10.7 Å². The van der Waals surface area contributed by atoms with Crippen LogP contribution < -0.4 is 4.74 Å². The Balaban J connectivity index is 1.83. The number of aryl methyl sites for hydroxylation is 4. The molecule has 5 nitrogen and oxygen atoms in total. The van der Waals surface area contributed by atoms with Crippen LogP contribution in [0.25, 0.3) is 17.2 Å². The first-order valence-electron chi connectivity index (χ1n) is 9.33. The van der Waals surface area contributed by atoms with Crippen molar-refractivity contribution >= 4 is 11.6 Å². The second kappa shape index (κ2) is 7.68. The first kappa shape index (κ1) is 19.2. The summed E-state index contributed by atoms with van der Waals surface area (Å²) in [5, 5.41) is 5.30. The zero-order chi connectivity index (χ0) is 20.5. The maximum absolute atomic E-state index is 6.29. The number of hydrogen-bond donors (Lipinski definition) is 0. The number of hydrogen-bond acceptors (Lipinski definition) is 4. The van der Waals surface area contributed by atoms with E-state index < -0.39 is 0 Å². The summed E-state index contributed by atoms with van der Waals surface area (Å²) in [5.41, 5.74) is 4.73. The summed E-state index contributed by atoms with van der Waals surface area (Å²) in [6.45, 7) is 7.87. The smallest absolute Gasteiger partial charge is 0.225 e. The van der Waals surface area contributed by atoms with E-state index in [0.29, 0.717) is 23.3 Å². The van der Waals surface area contributed by atoms with Crippen molar-refractivity contribution in [2.45, 2.75) is 27.7 Å². The minimum Gasteiger partial charge on any atom is -0.439 e. The Kier molecular flexibility index (Phi) is 5.07. The predicted octanol–water partition coefficient (Wildman–Crippen LogP) is 6.01. The molecule has 0 aliphatic rings. The van der Waals surface area contributed by atoms with Gasteiger partial charge in [-0.1, -0.05) is 41.9 Å². The normalized spacial score (nSPS) is 10.9. The maximum atomic E-state index is 6.29. The zero-order valence-corrected chi connectivity index (χ0v) is 17.5. The molecule has 2 heterocycles. The molecule has 146 valence electrons. The number of aromatic nitrogens is 4. The van der Waals surface area contributed by atoms with Gasteiger partial charge in [-0.15, -0.1) is 0 Å². The number of ether oxygens (including phenoxy) is 1. The van der Waals surface area contributed by atoms with Gasteiger partial charge in [-0.25, -0.2) is 9.67 Å². The van der Waals surface area contributed by atoms with Gasteiger partial charge >= 0.3 is 0 Å². The second-order valence-corrected chi connectivity index (χ2v) is 7.44. The van der Waals surface area contributed by atoms with Crippen molar-refractivity contribution in [3.8, 4) is 28.8 Å². The Morgan fingerprint density at radius 3 is 2.17 bits per heavy atom. The fourth-order valence-corrected chi connectivity index (χ4v) is 3.35. The zero-order valence-electron chi connectivity index (χ0n) is 16.8. The topological polar surface area (TPSA) is 52.8 Å². The monoisotopic (exact) mass is 404 g/mol. The lowest BCUT2D eigenvalue weighted by Gasteiger charge is -2.12. The molecule has 0 bridgehead atoms. The molecule has 6 heteroatoms. The molecule has 0 saturated carbocycles. The van der Waals surface area contributed by atoms with Crippen molar-refractivity contribution in [1.29, 1.82) is 0 Å². The van der Waals surface area contributed by atoms with Gasteiger partial charge in [-0.05, 0) is 57.0 Å². The lowest BCUT2D eigenvalue weighted by atomic mass is 10.1. The largest absolute Gasteiger partial charge is 0.439 e. The summed E-state index contributed by atoms with van der Waals surface area (Å²) in [7, 11) is 0. The van der Waals surface area contributed by atoms with Gasteiger partial charge in [0, 0.05) is 22.3 Å². The van der Waals surface area contributed by atoms with Crippen LogP contribution in [0.5, 0.6) is 11.6 Å². The molecule has 4 aromatic rings. The molecule has 2 aromatic heterocycles. The standard InChI is InChI=1S/C23H21ClN4O/c1-14-10-19(11-15(2)22(14)24)29-21-13-20(28-17(4)12-16(3)27-28)25-23(26-21)18-8-6-5-7-9-18/h5-13H,1-4H3. The van der Waals surface area contributed by atoms with Crippen molar-refractivity contribution in [3.63, 3.8) is 0 Å². The lowest BCUT2D eigenvalue weighted by molar-refractivity contribution is 0.460. The predicted molar refractivity (Wildman–Crippen MR) is 115 cm³/mol. The Hall–Kier alpha value is -3.18. The molecule has 0 N–H and O–H groups in total. The van der Waals surface area contributed by atoms with Crippen LogP contribution in [-0.4, -0.2) is 19.7 Å². The SMILES string of the molecule is Cc1cc(C)n(-c2cc(Oc3cc(C)c(Cl)c(C)c3)nc(-c3ccccc3)n2)n1. The molecule has 0 atom stereocenters. The summed E-state index contributed by atoms with van der Waals surface area (Å²) in [6.07, 6.45) is 0. The molecule has 0 fully saturated rings.